The summed E-state index contributed by atoms with van der Waals surface area (Å²) in [4.78, 5) is 0. The Bertz CT molecular complexity index is 305. The van der Waals surface area contributed by atoms with Gasteiger partial charge in [-0.25, -0.2) is 8.78 Å². The second kappa shape index (κ2) is 6.59. The third kappa shape index (κ3) is 3.89. The van der Waals surface area contributed by atoms with Gasteiger partial charge in [-0.3, -0.25) is 0 Å². The Morgan fingerprint density at radius 1 is 1.25 bits per heavy atom. The van der Waals surface area contributed by atoms with Crippen LogP contribution < -0.4 is 5.32 Å². The van der Waals surface area contributed by atoms with Gasteiger partial charge in [0.15, 0.2) is 0 Å². The molecule has 0 heterocycles. The maximum absolute atomic E-state index is 13.3. The van der Waals surface area contributed by atoms with E-state index in [1.54, 1.807) is 0 Å². The Morgan fingerprint density at radius 3 is 2.44 bits per heavy atom. The lowest BCUT2D eigenvalue weighted by molar-refractivity contribution is 0.492. The first kappa shape index (κ1) is 13.1. The van der Waals surface area contributed by atoms with Crippen molar-refractivity contribution in [3.63, 3.8) is 0 Å². The van der Waals surface area contributed by atoms with Crippen molar-refractivity contribution in [2.75, 3.05) is 6.54 Å². The molecule has 0 bridgehead atoms. The van der Waals surface area contributed by atoms with E-state index >= 15 is 0 Å². The van der Waals surface area contributed by atoms with E-state index in [1.807, 2.05) is 6.92 Å². The molecule has 0 aliphatic heterocycles. The normalized spacial score (nSPS) is 12.8. The predicted molar refractivity (Wildman–Crippen MR) is 62.4 cm³/mol. The van der Waals surface area contributed by atoms with E-state index < -0.39 is 11.6 Å². The highest BCUT2D eigenvalue weighted by molar-refractivity contribution is 5.19. The average molecular weight is 227 g/mol. The van der Waals surface area contributed by atoms with Crippen LogP contribution in [-0.2, 0) is 6.42 Å². The first-order chi connectivity index (χ1) is 7.65. The van der Waals surface area contributed by atoms with Gasteiger partial charge in [0.2, 0.25) is 0 Å². The zero-order valence-corrected chi connectivity index (χ0v) is 9.89. The van der Waals surface area contributed by atoms with Crippen molar-refractivity contribution >= 4 is 0 Å². The maximum Gasteiger partial charge on any atom is 0.129 e. The molecule has 0 radical (unpaired) electrons. The fraction of sp³-hybridized carbons (Fsp3) is 0.538. The van der Waals surface area contributed by atoms with Crippen LogP contribution in [0.4, 0.5) is 8.78 Å². The lowest BCUT2D eigenvalue weighted by atomic mass is 10.0. The van der Waals surface area contributed by atoms with Crippen molar-refractivity contribution < 1.29 is 8.78 Å². The third-order valence-electron chi connectivity index (χ3n) is 2.63. The molecule has 1 nitrogen and oxygen atoms in total. The number of hydrogen-bond donors (Lipinski definition) is 1. The molecule has 1 unspecified atom stereocenters. The molecule has 1 N–H and O–H groups in total. The highest BCUT2D eigenvalue weighted by Gasteiger charge is 2.09. The molecule has 16 heavy (non-hydrogen) atoms. The van der Waals surface area contributed by atoms with Crippen LogP contribution in [0.3, 0.4) is 0 Å². The van der Waals surface area contributed by atoms with Crippen molar-refractivity contribution in [1.29, 1.82) is 0 Å². The van der Waals surface area contributed by atoms with Crippen molar-refractivity contribution in [1.82, 2.24) is 5.32 Å². The van der Waals surface area contributed by atoms with Gasteiger partial charge in [-0.15, -0.1) is 0 Å². The molecular weight excluding hydrogens is 208 g/mol. The number of hydrogen-bond acceptors (Lipinski definition) is 1. The minimum Gasteiger partial charge on any atom is -0.314 e. The minimum atomic E-state index is -0.442. The average Bonchev–Trinajstić information content (AvgIpc) is 2.25. The number of rotatable bonds is 6. The summed E-state index contributed by atoms with van der Waals surface area (Å²) in [5.74, 6) is -0.884. The molecule has 0 aliphatic carbocycles. The van der Waals surface area contributed by atoms with Crippen LogP contribution in [0.5, 0.6) is 0 Å². The van der Waals surface area contributed by atoms with Crippen molar-refractivity contribution in [3.05, 3.63) is 35.4 Å². The molecule has 0 aromatic heterocycles. The largest absolute Gasteiger partial charge is 0.314 e. The Balaban J connectivity index is 2.48. The van der Waals surface area contributed by atoms with Crippen LogP contribution in [0, 0.1) is 11.6 Å². The summed E-state index contributed by atoms with van der Waals surface area (Å²) in [5.41, 5.74) is 0.202. The van der Waals surface area contributed by atoms with Gasteiger partial charge < -0.3 is 5.32 Å². The summed E-state index contributed by atoms with van der Waals surface area (Å²) >= 11 is 0. The van der Waals surface area contributed by atoms with E-state index in [-0.39, 0.29) is 5.56 Å². The molecule has 1 aromatic rings. The van der Waals surface area contributed by atoms with E-state index in [0.717, 1.165) is 19.4 Å². The van der Waals surface area contributed by atoms with E-state index in [2.05, 4.69) is 12.2 Å². The van der Waals surface area contributed by atoms with Crippen LogP contribution in [0.2, 0.25) is 0 Å². The Hall–Kier alpha value is -0.960. The summed E-state index contributed by atoms with van der Waals surface area (Å²) in [6.07, 6.45) is 2.26. The van der Waals surface area contributed by atoms with E-state index in [9.17, 15) is 8.78 Å². The number of benzene rings is 1. The summed E-state index contributed by atoms with van der Waals surface area (Å²) in [6.45, 7) is 5.07. The Kier molecular flexibility index (Phi) is 5.39. The van der Waals surface area contributed by atoms with Gasteiger partial charge in [0.05, 0.1) is 0 Å². The fourth-order valence-electron chi connectivity index (χ4n) is 1.62. The fourth-order valence-corrected chi connectivity index (χ4v) is 1.62. The molecule has 3 heteroatoms. The predicted octanol–water partition coefficient (Wildman–Crippen LogP) is 3.29. The molecule has 0 spiro atoms. The Labute approximate surface area is 95.9 Å². The molecule has 0 amide bonds. The summed E-state index contributed by atoms with van der Waals surface area (Å²) < 4.78 is 26.6. The summed E-state index contributed by atoms with van der Waals surface area (Å²) in [7, 11) is 0. The van der Waals surface area contributed by atoms with E-state index in [0.29, 0.717) is 12.5 Å². The van der Waals surface area contributed by atoms with Gasteiger partial charge >= 0.3 is 0 Å². The zero-order chi connectivity index (χ0) is 12.0. The van der Waals surface area contributed by atoms with Gasteiger partial charge in [-0.05, 0) is 44.9 Å². The smallest absolute Gasteiger partial charge is 0.129 e. The zero-order valence-electron chi connectivity index (χ0n) is 9.89. The van der Waals surface area contributed by atoms with Crippen LogP contribution in [0.15, 0.2) is 18.2 Å². The second-order valence-corrected chi connectivity index (χ2v) is 4.09. The molecule has 0 aliphatic rings. The molecule has 0 saturated carbocycles. The Morgan fingerprint density at radius 2 is 1.88 bits per heavy atom. The maximum atomic E-state index is 13.3. The highest BCUT2D eigenvalue weighted by Crippen LogP contribution is 2.14. The van der Waals surface area contributed by atoms with Gasteiger partial charge in [0, 0.05) is 11.6 Å². The van der Waals surface area contributed by atoms with Crippen LogP contribution in [-0.4, -0.2) is 12.6 Å². The van der Waals surface area contributed by atoms with Gasteiger partial charge in [-0.2, -0.15) is 0 Å². The molecule has 0 saturated heterocycles. The van der Waals surface area contributed by atoms with Gasteiger partial charge in [0.1, 0.15) is 11.6 Å². The number of halogens is 2. The van der Waals surface area contributed by atoms with Crippen LogP contribution in [0.1, 0.15) is 32.3 Å². The van der Waals surface area contributed by atoms with E-state index in [1.165, 1.54) is 18.2 Å². The van der Waals surface area contributed by atoms with Gasteiger partial charge in [0.25, 0.3) is 0 Å². The SMILES string of the molecule is CCCNC(C)CCc1c(F)cccc1F. The van der Waals surface area contributed by atoms with Crippen molar-refractivity contribution in [2.45, 2.75) is 39.2 Å². The molecule has 1 atom stereocenters. The molecule has 0 fully saturated rings. The molecule has 90 valence electrons. The minimum absolute atomic E-state index is 0.202. The quantitative estimate of drug-likeness (QED) is 0.786. The highest BCUT2D eigenvalue weighted by atomic mass is 19.1. The molecule has 1 aromatic carbocycles. The topological polar surface area (TPSA) is 12.0 Å². The first-order valence-corrected chi connectivity index (χ1v) is 5.81. The van der Waals surface area contributed by atoms with Crippen molar-refractivity contribution in [2.24, 2.45) is 0 Å². The standard InChI is InChI=1S/C13H19F2N/c1-3-9-16-10(2)7-8-11-12(14)5-4-6-13(11)15/h4-6,10,16H,3,7-9H2,1-2H3. The lowest BCUT2D eigenvalue weighted by Crippen LogP contribution is -2.27. The van der Waals surface area contributed by atoms with Gasteiger partial charge in [-0.1, -0.05) is 13.0 Å². The van der Waals surface area contributed by atoms with E-state index in [4.69, 9.17) is 0 Å². The first-order valence-electron chi connectivity index (χ1n) is 5.81. The summed E-state index contributed by atoms with van der Waals surface area (Å²) in [6, 6.07) is 4.30. The van der Waals surface area contributed by atoms with Crippen LogP contribution in [0.25, 0.3) is 0 Å². The summed E-state index contributed by atoms with van der Waals surface area (Å²) in [5, 5.41) is 3.30. The second-order valence-electron chi connectivity index (χ2n) is 4.09. The molecule has 1 rings (SSSR count). The third-order valence-corrected chi connectivity index (χ3v) is 2.63. The molecular formula is C13H19F2N. The number of nitrogens with one attached hydrogen (secondary N) is 1. The lowest BCUT2D eigenvalue weighted by Gasteiger charge is -2.13. The van der Waals surface area contributed by atoms with Crippen molar-refractivity contribution in [3.8, 4) is 0 Å². The monoisotopic (exact) mass is 227 g/mol. The van der Waals surface area contributed by atoms with Crippen LogP contribution >= 0.6 is 0 Å².